The molecule has 1 heterocycles. The minimum atomic E-state index is -1.12. The summed E-state index contributed by atoms with van der Waals surface area (Å²) in [5.41, 5.74) is 0.312. The molecule has 0 saturated carbocycles. The highest BCUT2D eigenvalue weighted by Crippen LogP contribution is 2.35. The number of carboxylic acids is 1. The van der Waals surface area contributed by atoms with Crippen LogP contribution in [-0.2, 0) is 16.6 Å². The van der Waals surface area contributed by atoms with Gasteiger partial charge in [0.1, 0.15) is 0 Å². The van der Waals surface area contributed by atoms with Crippen LogP contribution < -0.4 is 0 Å². The van der Waals surface area contributed by atoms with Crippen LogP contribution in [0.2, 0.25) is 10.0 Å². The summed E-state index contributed by atoms with van der Waals surface area (Å²) in [5.74, 6) is -0.932. The van der Waals surface area contributed by atoms with E-state index < -0.39 is 11.4 Å². The van der Waals surface area contributed by atoms with E-state index >= 15 is 0 Å². The van der Waals surface area contributed by atoms with Crippen molar-refractivity contribution in [1.82, 2.24) is 4.98 Å². The van der Waals surface area contributed by atoms with Crippen LogP contribution in [0.3, 0.4) is 0 Å². The Morgan fingerprint density at radius 2 is 1.90 bits per heavy atom. The van der Waals surface area contributed by atoms with Crippen LogP contribution in [0.5, 0.6) is 0 Å². The van der Waals surface area contributed by atoms with Gasteiger partial charge in [0.25, 0.3) is 0 Å². The fraction of sp³-hybridized carbons (Fsp3) is 0.200. The molecule has 1 aromatic carbocycles. The van der Waals surface area contributed by atoms with Crippen LogP contribution in [0.4, 0.5) is 0 Å². The van der Waals surface area contributed by atoms with Gasteiger partial charge in [-0.3, -0.25) is 9.78 Å². The lowest BCUT2D eigenvalue weighted by molar-refractivity contribution is -0.143. The van der Waals surface area contributed by atoms with Crippen LogP contribution >= 0.6 is 23.2 Å². The lowest BCUT2D eigenvalue weighted by Crippen LogP contribution is -2.35. The lowest BCUT2D eigenvalue weighted by Gasteiger charge is -2.26. The average Bonchev–Trinajstić information content (AvgIpc) is 2.39. The van der Waals surface area contributed by atoms with Crippen LogP contribution in [0, 0.1) is 0 Å². The van der Waals surface area contributed by atoms with Gasteiger partial charge in [0.2, 0.25) is 0 Å². The van der Waals surface area contributed by atoms with Crippen molar-refractivity contribution in [3.63, 3.8) is 0 Å². The monoisotopic (exact) mass is 309 g/mol. The number of carbonyl (C=O) groups is 1. The average molecular weight is 310 g/mol. The van der Waals surface area contributed by atoms with Gasteiger partial charge in [-0.15, -0.1) is 0 Å². The maximum atomic E-state index is 11.8. The topological polar surface area (TPSA) is 50.2 Å². The molecule has 0 aliphatic heterocycles. The summed E-state index contributed by atoms with van der Waals surface area (Å²) >= 11 is 12.0. The molecule has 0 aliphatic rings. The molecule has 1 N–H and O–H groups in total. The van der Waals surface area contributed by atoms with E-state index in [1.165, 1.54) is 0 Å². The second-order valence-corrected chi connectivity index (χ2v) is 5.64. The summed E-state index contributed by atoms with van der Waals surface area (Å²) in [6, 6.07) is 8.47. The van der Waals surface area contributed by atoms with Gasteiger partial charge in [-0.05, 0) is 48.7 Å². The number of aromatic nitrogens is 1. The van der Waals surface area contributed by atoms with E-state index in [9.17, 15) is 9.90 Å². The van der Waals surface area contributed by atoms with E-state index in [1.54, 1.807) is 49.6 Å². The Hall–Kier alpha value is -1.58. The van der Waals surface area contributed by atoms with Crippen molar-refractivity contribution in [2.45, 2.75) is 18.8 Å². The first-order valence-electron chi connectivity index (χ1n) is 6.01. The van der Waals surface area contributed by atoms with Crippen molar-refractivity contribution in [2.75, 3.05) is 0 Å². The number of aliphatic carboxylic acids is 1. The Balaban J connectivity index is 2.47. The number of benzene rings is 1. The van der Waals surface area contributed by atoms with Crippen molar-refractivity contribution in [1.29, 1.82) is 0 Å². The number of rotatable bonds is 4. The van der Waals surface area contributed by atoms with Crippen molar-refractivity contribution in [3.8, 4) is 0 Å². The van der Waals surface area contributed by atoms with Crippen LogP contribution in [0.1, 0.15) is 18.1 Å². The predicted molar refractivity (Wildman–Crippen MR) is 79.4 cm³/mol. The van der Waals surface area contributed by atoms with E-state index in [2.05, 4.69) is 4.98 Å². The van der Waals surface area contributed by atoms with Gasteiger partial charge in [0.05, 0.1) is 5.41 Å². The number of nitrogens with zero attached hydrogens (tertiary/aromatic N) is 1. The third kappa shape index (κ3) is 2.94. The minimum absolute atomic E-state index is 0.326. The van der Waals surface area contributed by atoms with Gasteiger partial charge in [-0.2, -0.15) is 0 Å². The summed E-state index contributed by atoms with van der Waals surface area (Å²) in [4.78, 5) is 15.7. The molecule has 5 heteroatoms. The summed E-state index contributed by atoms with van der Waals surface area (Å²) in [6.07, 6.45) is 3.61. The third-order valence-corrected chi connectivity index (χ3v) is 3.85. The smallest absolute Gasteiger partial charge is 0.314 e. The van der Waals surface area contributed by atoms with Crippen molar-refractivity contribution >= 4 is 29.2 Å². The number of pyridine rings is 1. The van der Waals surface area contributed by atoms with Gasteiger partial charge >= 0.3 is 5.97 Å². The normalized spacial score (nSPS) is 13.8. The van der Waals surface area contributed by atoms with Crippen molar-refractivity contribution in [2.24, 2.45) is 0 Å². The Labute approximate surface area is 127 Å². The van der Waals surface area contributed by atoms with Crippen LogP contribution in [0.25, 0.3) is 0 Å². The molecule has 0 fully saturated rings. The van der Waals surface area contributed by atoms with Gasteiger partial charge in [0, 0.05) is 22.4 Å². The van der Waals surface area contributed by atoms with Gasteiger partial charge in [-0.25, -0.2) is 0 Å². The largest absolute Gasteiger partial charge is 0.481 e. The minimum Gasteiger partial charge on any atom is -0.481 e. The molecule has 1 unspecified atom stereocenters. The zero-order chi connectivity index (χ0) is 14.8. The number of carboxylic acid groups (broad SMARTS) is 1. The first kappa shape index (κ1) is 14.8. The summed E-state index contributed by atoms with van der Waals surface area (Å²) in [5, 5.41) is 10.5. The zero-order valence-electron chi connectivity index (χ0n) is 10.8. The number of hydrogen-bond acceptors (Lipinski definition) is 2. The maximum Gasteiger partial charge on any atom is 0.314 e. The van der Waals surface area contributed by atoms with E-state index in [4.69, 9.17) is 23.2 Å². The van der Waals surface area contributed by atoms with E-state index in [0.29, 0.717) is 22.0 Å². The molecular weight excluding hydrogens is 297 g/mol. The first-order valence-corrected chi connectivity index (χ1v) is 6.77. The quantitative estimate of drug-likeness (QED) is 0.929. The second-order valence-electron chi connectivity index (χ2n) is 4.79. The van der Waals surface area contributed by atoms with E-state index in [1.807, 2.05) is 0 Å². The Bertz CT molecular complexity index is 631. The molecule has 0 radical (unpaired) electrons. The Morgan fingerprint density at radius 3 is 2.45 bits per heavy atom. The summed E-state index contributed by atoms with van der Waals surface area (Å²) in [7, 11) is 0. The van der Waals surface area contributed by atoms with Crippen LogP contribution in [0.15, 0.2) is 42.7 Å². The van der Waals surface area contributed by atoms with Gasteiger partial charge < -0.3 is 5.11 Å². The molecule has 0 aliphatic carbocycles. The molecule has 0 spiro atoms. The fourth-order valence-corrected chi connectivity index (χ4v) is 2.75. The lowest BCUT2D eigenvalue weighted by atomic mass is 9.77. The molecule has 2 rings (SSSR count). The molecule has 2 aromatic rings. The fourth-order valence-electron chi connectivity index (χ4n) is 2.13. The molecule has 0 bridgehead atoms. The van der Waals surface area contributed by atoms with Crippen molar-refractivity contribution < 1.29 is 9.90 Å². The highest BCUT2D eigenvalue weighted by Gasteiger charge is 2.37. The van der Waals surface area contributed by atoms with Crippen LogP contribution in [-0.4, -0.2) is 16.1 Å². The molecule has 1 aromatic heterocycles. The number of hydrogen-bond donors (Lipinski definition) is 1. The molecular formula is C15H13Cl2NO2. The molecule has 104 valence electrons. The molecule has 0 amide bonds. The van der Waals surface area contributed by atoms with Gasteiger partial charge in [-0.1, -0.05) is 29.3 Å². The highest BCUT2D eigenvalue weighted by atomic mass is 35.5. The summed E-state index contributed by atoms with van der Waals surface area (Å²) < 4.78 is 0. The first-order chi connectivity index (χ1) is 9.43. The van der Waals surface area contributed by atoms with Gasteiger partial charge in [0.15, 0.2) is 0 Å². The molecule has 0 saturated heterocycles. The zero-order valence-corrected chi connectivity index (χ0v) is 12.3. The third-order valence-electron chi connectivity index (χ3n) is 3.30. The highest BCUT2D eigenvalue weighted by molar-refractivity contribution is 6.35. The molecule has 1 atom stereocenters. The van der Waals surface area contributed by atoms with E-state index in [0.717, 1.165) is 5.56 Å². The number of halogens is 2. The standard InChI is InChI=1S/C15H13Cl2NO2/c1-15(14(19)20,9-10-4-6-18-7-5-10)12-3-2-11(16)8-13(12)17/h2-8H,9H2,1H3,(H,19,20). The second kappa shape index (κ2) is 5.81. The molecule has 3 nitrogen and oxygen atoms in total. The maximum absolute atomic E-state index is 11.8. The Morgan fingerprint density at radius 1 is 1.25 bits per heavy atom. The Kier molecular flexibility index (Phi) is 4.31. The SMILES string of the molecule is CC(Cc1ccncc1)(C(=O)O)c1ccc(Cl)cc1Cl. The summed E-state index contributed by atoms with van der Waals surface area (Å²) in [6.45, 7) is 1.66. The van der Waals surface area contributed by atoms with Crippen molar-refractivity contribution in [3.05, 3.63) is 63.9 Å². The van der Waals surface area contributed by atoms with E-state index in [-0.39, 0.29) is 0 Å². The predicted octanol–water partition coefficient (Wildman–Crippen LogP) is 3.97. The molecule has 20 heavy (non-hydrogen) atoms.